The summed E-state index contributed by atoms with van der Waals surface area (Å²) in [5.74, 6) is 1.06. The van der Waals surface area contributed by atoms with Crippen molar-refractivity contribution in [2.24, 2.45) is 15.0 Å². The monoisotopic (exact) mass is 612 g/mol. The lowest BCUT2D eigenvalue weighted by atomic mass is 9.92. The van der Waals surface area contributed by atoms with Gasteiger partial charge in [-0.05, 0) is 73.6 Å². The zero-order chi connectivity index (χ0) is 31.1. The highest BCUT2D eigenvalue weighted by atomic mass is 19.4. The Balaban J connectivity index is 1.24. The second kappa shape index (κ2) is 11.7. The predicted octanol–water partition coefficient (Wildman–Crippen LogP) is 8.57. The van der Waals surface area contributed by atoms with Crippen molar-refractivity contribution in [1.29, 1.82) is 0 Å². The minimum Gasteiger partial charge on any atom is -0.498 e. The number of guanidine groups is 1. The largest absolute Gasteiger partial charge is 0.498 e. The Morgan fingerprint density at radius 3 is 2.59 bits per heavy atom. The minimum absolute atomic E-state index is 0.180. The number of nitrogens with zero attached hydrogens (tertiary/aromatic N) is 4. The van der Waals surface area contributed by atoms with Crippen LogP contribution in [0.1, 0.15) is 61.3 Å². The lowest BCUT2D eigenvalue weighted by molar-refractivity contribution is -0.143. The van der Waals surface area contributed by atoms with Crippen molar-refractivity contribution in [2.75, 3.05) is 18.1 Å². The molecule has 0 aromatic heterocycles. The molecule has 0 bridgehead atoms. The van der Waals surface area contributed by atoms with Crippen LogP contribution in [0.15, 0.2) is 86.6 Å². The molecule has 5 nitrogen and oxygen atoms in total. The van der Waals surface area contributed by atoms with Crippen molar-refractivity contribution in [3.63, 3.8) is 0 Å². The van der Waals surface area contributed by atoms with Crippen molar-refractivity contribution >= 4 is 29.1 Å². The third-order valence-corrected chi connectivity index (χ3v) is 8.21. The predicted molar refractivity (Wildman–Crippen MR) is 159 cm³/mol. The normalized spacial score (nSPS) is 20.8. The molecule has 4 aliphatic heterocycles. The maximum absolute atomic E-state index is 14.0. The fourth-order valence-corrected chi connectivity index (χ4v) is 5.92. The van der Waals surface area contributed by atoms with Crippen molar-refractivity contribution in [1.82, 2.24) is 0 Å². The molecular formula is C33H30F6N4O. The van der Waals surface area contributed by atoms with Crippen molar-refractivity contribution < 1.29 is 31.1 Å². The van der Waals surface area contributed by atoms with Crippen LogP contribution in [0, 0.1) is 0 Å². The molecule has 0 N–H and O–H groups in total. The number of hydrogen-bond acceptors (Lipinski definition) is 5. The summed E-state index contributed by atoms with van der Waals surface area (Å²) in [7, 11) is 0. The van der Waals surface area contributed by atoms with E-state index in [4.69, 9.17) is 19.7 Å². The Kier molecular flexibility index (Phi) is 7.98. The summed E-state index contributed by atoms with van der Waals surface area (Å²) >= 11 is 0. The maximum Gasteiger partial charge on any atom is 0.417 e. The molecule has 44 heavy (non-hydrogen) atoms. The van der Waals surface area contributed by atoms with Gasteiger partial charge in [0.2, 0.25) is 5.96 Å². The summed E-state index contributed by atoms with van der Waals surface area (Å²) in [5, 5.41) is 0. The summed E-state index contributed by atoms with van der Waals surface area (Å²) in [5.41, 5.74) is 1.62. The van der Waals surface area contributed by atoms with E-state index in [0.717, 1.165) is 36.8 Å². The first kappa shape index (κ1) is 29.9. The van der Waals surface area contributed by atoms with Crippen molar-refractivity contribution in [3.05, 3.63) is 93.9 Å². The molecule has 11 heteroatoms. The van der Waals surface area contributed by atoms with E-state index in [1.807, 2.05) is 18.2 Å². The highest BCUT2D eigenvalue weighted by molar-refractivity contribution is 6.42. The Morgan fingerprint density at radius 1 is 0.977 bits per heavy atom. The lowest BCUT2D eigenvalue weighted by Crippen LogP contribution is -2.33. The Bertz CT molecular complexity index is 1640. The molecule has 6 rings (SSSR count). The average molecular weight is 613 g/mol. The highest BCUT2D eigenvalue weighted by Crippen LogP contribution is 2.41. The summed E-state index contributed by atoms with van der Waals surface area (Å²) < 4.78 is 87.7. The number of aliphatic imine (C=N–C) groups is 3. The van der Waals surface area contributed by atoms with Crippen LogP contribution in [0.25, 0.3) is 5.57 Å². The molecule has 4 aliphatic rings. The fourth-order valence-electron chi connectivity index (χ4n) is 5.92. The van der Waals surface area contributed by atoms with Gasteiger partial charge in [0.05, 0.1) is 35.2 Å². The molecule has 0 spiro atoms. The first-order valence-electron chi connectivity index (χ1n) is 14.6. The zero-order valence-electron chi connectivity index (χ0n) is 24.0. The number of rotatable bonds is 3. The second-order valence-corrected chi connectivity index (χ2v) is 11.3. The van der Waals surface area contributed by atoms with Gasteiger partial charge in [-0.2, -0.15) is 26.3 Å². The van der Waals surface area contributed by atoms with Crippen LogP contribution in [-0.4, -0.2) is 37.1 Å². The molecular weight excluding hydrogens is 582 g/mol. The van der Waals surface area contributed by atoms with Gasteiger partial charge < -0.3 is 9.64 Å². The van der Waals surface area contributed by atoms with E-state index in [9.17, 15) is 26.3 Å². The molecule has 230 valence electrons. The quantitative estimate of drug-likeness (QED) is 0.326. The fraction of sp³-hybridized carbons (Fsp3) is 0.364. The zero-order valence-corrected chi connectivity index (χ0v) is 24.0. The van der Waals surface area contributed by atoms with Crippen LogP contribution in [0.3, 0.4) is 0 Å². The van der Waals surface area contributed by atoms with Gasteiger partial charge in [-0.25, -0.2) is 9.98 Å². The molecule has 0 saturated heterocycles. The topological polar surface area (TPSA) is 49.5 Å². The van der Waals surface area contributed by atoms with E-state index in [0.29, 0.717) is 54.8 Å². The standard InChI is InChI=1S/C33H30F6N4O/c1-20-13-15-44-24(18-26(20)25-12-11-22(32(34,35)36)16-27(25)33(37,38)39)17-23-8-4-9-28-29(19-40-23)42-31(41-28)43-14-5-7-21-6-2-3-10-30(21)43/h2-3,6,9-12,16,18-19,23H,4-5,7-8,13-15,17H2,1H3. The number of ether oxygens (including phenoxy) is 1. The molecule has 0 saturated carbocycles. The van der Waals surface area contributed by atoms with E-state index in [-0.39, 0.29) is 29.9 Å². The molecule has 1 unspecified atom stereocenters. The second-order valence-electron chi connectivity index (χ2n) is 11.3. The molecule has 0 aliphatic carbocycles. The Hall–Kier alpha value is -4.15. The molecule has 1 atom stereocenters. The van der Waals surface area contributed by atoms with Gasteiger partial charge >= 0.3 is 12.4 Å². The summed E-state index contributed by atoms with van der Waals surface area (Å²) in [6, 6.07) is 9.75. The van der Waals surface area contributed by atoms with Crippen molar-refractivity contribution in [2.45, 2.75) is 63.8 Å². The number of alkyl halides is 6. The molecule has 2 aromatic rings. The third-order valence-electron chi connectivity index (χ3n) is 8.21. The number of hydrogen-bond donors (Lipinski definition) is 0. The number of anilines is 1. The number of allylic oxidation sites excluding steroid dienone is 4. The Morgan fingerprint density at radius 2 is 1.80 bits per heavy atom. The van der Waals surface area contributed by atoms with Crippen molar-refractivity contribution in [3.8, 4) is 0 Å². The SMILES string of the molecule is CC1=C(c2ccc(C(F)(F)F)cc2C(F)(F)F)C=C(CC2CCC=C3N=C(N4CCCc5ccccc54)N=C3C=N2)OCC1. The van der Waals surface area contributed by atoms with Gasteiger partial charge in [0.15, 0.2) is 0 Å². The van der Waals surface area contributed by atoms with Gasteiger partial charge in [0.25, 0.3) is 0 Å². The molecule has 0 fully saturated rings. The van der Waals surface area contributed by atoms with Crippen LogP contribution in [0.4, 0.5) is 32.0 Å². The van der Waals surface area contributed by atoms with E-state index in [2.05, 4.69) is 17.0 Å². The van der Waals surface area contributed by atoms with Crippen LogP contribution in [0.5, 0.6) is 0 Å². The van der Waals surface area contributed by atoms with Gasteiger partial charge in [0.1, 0.15) is 5.71 Å². The number of halogens is 6. The van der Waals surface area contributed by atoms with E-state index < -0.39 is 23.5 Å². The van der Waals surface area contributed by atoms with Crippen LogP contribution >= 0.6 is 0 Å². The first-order valence-corrected chi connectivity index (χ1v) is 14.6. The number of benzene rings is 2. The maximum atomic E-state index is 14.0. The van der Waals surface area contributed by atoms with Crippen LogP contribution < -0.4 is 4.90 Å². The highest BCUT2D eigenvalue weighted by Gasteiger charge is 2.39. The van der Waals surface area contributed by atoms with Gasteiger partial charge in [-0.15, -0.1) is 0 Å². The molecule has 4 heterocycles. The molecule has 2 aromatic carbocycles. The minimum atomic E-state index is -4.97. The van der Waals surface area contributed by atoms with Crippen LogP contribution in [-0.2, 0) is 23.5 Å². The van der Waals surface area contributed by atoms with Gasteiger partial charge in [-0.3, -0.25) is 4.99 Å². The smallest absolute Gasteiger partial charge is 0.417 e. The number of aryl methyl sites for hydroxylation is 1. The summed E-state index contributed by atoms with van der Waals surface area (Å²) in [6.07, 6.45) is -0.653. The number of para-hydroxylation sites is 1. The molecule has 0 amide bonds. The van der Waals surface area contributed by atoms with E-state index in [1.165, 1.54) is 11.6 Å². The lowest BCUT2D eigenvalue weighted by Gasteiger charge is -2.29. The van der Waals surface area contributed by atoms with Gasteiger partial charge in [-0.1, -0.05) is 35.9 Å². The van der Waals surface area contributed by atoms with E-state index >= 15 is 0 Å². The molecule has 0 radical (unpaired) electrons. The van der Waals surface area contributed by atoms with Gasteiger partial charge in [0, 0.05) is 31.3 Å². The summed E-state index contributed by atoms with van der Waals surface area (Å²) in [4.78, 5) is 16.5. The number of fused-ring (bicyclic) bond motifs is 2. The average Bonchev–Trinajstić information content (AvgIpc) is 3.27. The summed E-state index contributed by atoms with van der Waals surface area (Å²) in [6.45, 7) is 2.73. The van der Waals surface area contributed by atoms with E-state index in [1.54, 1.807) is 13.1 Å². The van der Waals surface area contributed by atoms with Crippen LogP contribution in [0.2, 0.25) is 0 Å². The first-order chi connectivity index (χ1) is 21.0. The third kappa shape index (κ3) is 6.23. The Labute approximate surface area is 251 Å².